The van der Waals surface area contributed by atoms with Crippen LogP contribution in [0.1, 0.15) is 29.6 Å². The Balaban J connectivity index is 2.14. The number of hydrogen-bond donors (Lipinski definition) is 2. The fourth-order valence-corrected chi connectivity index (χ4v) is 2.39. The summed E-state index contributed by atoms with van der Waals surface area (Å²) in [5, 5.41) is 11.7. The van der Waals surface area contributed by atoms with Crippen molar-refractivity contribution in [1.29, 1.82) is 0 Å². The van der Waals surface area contributed by atoms with Gasteiger partial charge in [-0.3, -0.25) is 4.79 Å². The molecule has 1 saturated carbocycles. The molecule has 0 aromatic heterocycles. The first-order valence-corrected chi connectivity index (χ1v) is 6.81. The van der Waals surface area contributed by atoms with Crippen LogP contribution in [0.3, 0.4) is 0 Å². The van der Waals surface area contributed by atoms with E-state index in [9.17, 15) is 9.59 Å². The lowest BCUT2D eigenvalue weighted by molar-refractivity contribution is -0.130. The molecule has 0 radical (unpaired) electrons. The fraction of sp³-hybridized carbons (Fsp3) is 0.467. The van der Waals surface area contributed by atoms with E-state index in [1.165, 1.54) is 32.4 Å². The Morgan fingerprint density at radius 2 is 2.05 bits per heavy atom. The van der Waals surface area contributed by atoms with Gasteiger partial charge in [-0.15, -0.1) is 0 Å². The van der Waals surface area contributed by atoms with Gasteiger partial charge in [-0.1, -0.05) is 6.42 Å². The first-order valence-electron chi connectivity index (χ1n) is 6.81. The lowest BCUT2D eigenvalue weighted by Crippen LogP contribution is -2.39. The van der Waals surface area contributed by atoms with Crippen molar-refractivity contribution in [2.24, 2.45) is 5.92 Å². The lowest BCUT2D eigenvalue weighted by Gasteiger charge is -2.31. The third-order valence-electron chi connectivity index (χ3n) is 3.80. The van der Waals surface area contributed by atoms with Gasteiger partial charge in [-0.25, -0.2) is 4.79 Å². The molecule has 0 bridgehead atoms. The Labute approximate surface area is 123 Å². The number of hydrogen-bond acceptors (Lipinski definition) is 4. The smallest absolute Gasteiger partial charge is 0.335 e. The number of carbonyl (C=O) groups excluding carboxylic acids is 1. The monoisotopic (exact) mass is 293 g/mol. The summed E-state index contributed by atoms with van der Waals surface area (Å²) in [5.74, 6) is -0.718. The second-order valence-corrected chi connectivity index (χ2v) is 5.06. The molecule has 1 amide bonds. The van der Waals surface area contributed by atoms with Crippen LogP contribution < -0.4 is 10.1 Å². The van der Waals surface area contributed by atoms with Crippen LogP contribution >= 0.6 is 0 Å². The molecule has 0 aliphatic heterocycles. The summed E-state index contributed by atoms with van der Waals surface area (Å²) in [5.41, 5.74) is 0.543. The highest BCUT2D eigenvalue weighted by molar-refractivity contribution is 5.97. The van der Waals surface area contributed by atoms with E-state index < -0.39 is 12.1 Å². The quantitative estimate of drug-likeness (QED) is 0.839. The van der Waals surface area contributed by atoms with Crippen LogP contribution in [-0.4, -0.2) is 37.3 Å². The average molecular weight is 293 g/mol. The zero-order valence-corrected chi connectivity index (χ0v) is 12.1. The number of nitrogens with one attached hydrogen (secondary N) is 1. The largest absolute Gasteiger partial charge is 0.495 e. The summed E-state index contributed by atoms with van der Waals surface area (Å²) in [4.78, 5) is 23.2. The number of amides is 1. The molecule has 6 nitrogen and oxygen atoms in total. The molecule has 6 heteroatoms. The molecule has 2 rings (SSSR count). The van der Waals surface area contributed by atoms with Gasteiger partial charge in [0, 0.05) is 7.11 Å². The van der Waals surface area contributed by atoms with Crippen LogP contribution in [0.15, 0.2) is 18.2 Å². The highest BCUT2D eigenvalue weighted by Crippen LogP contribution is 2.32. The third-order valence-corrected chi connectivity index (χ3v) is 3.80. The summed E-state index contributed by atoms with van der Waals surface area (Å²) < 4.78 is 10.4. The minimum atomic E-state index is -1.05. The number of benzene rings is 1. The lowest BCUT2D eigenvalue weighted by atomic mass is 9.80. The zero-order valence-electron chi connectivity index (χ0n) is 12.1. The molecule has 1 aromatic rings. The van der Waals surface area contributed by atoms with Gasteiger partial charge < -0.3 is 19.9 Å². The number of ether oxygens (including phenoxy) is 2. The summed E-state index contributed by atoms with van der Waals surface area (Å²) in [6, 6.07) is 4.32. The van der Waals surface area contributed by atoms with Crippen molar-refractivity contribution < 1.29 is 24.2 Å². The van der Waals surface area contributed by atoms with Crippen LogP contribution in [0.5, 0.6) is 5.75 Å². The number of rotatable bonds is 6. The van der Waals surface area contributed by atoms with Gasteiger partial charge in [0.25, 0.3) is 5.91 Å². The molecule has 1 aromatic carbocycles. The van der Waals surface area contributed by atoms with Crippen molar-refractivity contribution in [3.8, 4) is 5.75 Å². The summed E-state index contributed by atoms with van der Waals surface area (Å²) >= 11 is 0. The summed E-state index contributed by atoms with van der Waals surface area (Å²) in [6.07, 6.45) is 2.61. The number of carbonyl (C=O) groups is 2. The van der Waals surface area contributed by atoms with Gasteiger partial charge in [0.15, 0.2) is 0 Å². The minimum Gasteiger partial charge on any atom is -0.495 e. The van der Waals surface area contributed by atoms with Gasteiger partial charge in [0.2, 0.25) is 0 Å². The average Bonchev–Trinajstić information content (AvgIpc) is 2.42. The maximum absolute atomic E-state index is 12.3. The molecule has 0 heterocycles. The number of anilines is 1. The van der Waals surface area contributed by atoms with Crippen LogP contribution in [0, 0.1) is 5.92 Å². The van der Waals surface area contributed by atoms with E-state index in [0.29, 0.717) is 11.4 Å². The number of methoxy groups -OCH3 is 2. The van der Waals surface area contributed by atoms with E-state index >= 15 is 0 Å². The predicted octanol–water partition coefficient (Wildman–Crippen LogP) is 2.15. The minimum absolute atomic E-state index is 0.104. The molecule has 114 valence electrons. The number of carboxylic acids is 1. The molecular weight excluding hydrogens is 274 g/mol. The van der Waals surface area contributed by atoms with E-state index in [1.807, 2.05) is 0 Å². The molecular formula is C15H19NO5. The molecule has 21 heavy (non-hydrogen) atoms. The Hall–Kier alpha value is -2.08. The van der Waals surface area contributed by atoms with Crippen molar-refractivity contribution >= 4 is 17.6 Å². The number of aromatic carboxylic acids is 1. The highest BCUT2D eigenvalue weighted by atomic mass is 16.5. The summed E-state index contributed by atoms with van der Waals surface area (Å²) in [7, 11) is 2.95. The van der Waals surface area contributed by atoms with E-state index in [2.05, 4.69) is 5.32 Å². The first-order chi connectivity index (χ1) is 10.1. The Bertz CT molecular complexity index is 539. The summed E-state index contributed by atoms with van der Waals surface area (Å²) in [6.45, 7) is 0. The van der Waals surface area contributed by atoms with E-state index in [-0.39, 0.29) is 17.4 Å². The van der Waals surface area contributed by atoms with Crippen LogP contribution in [0.25, 0.3) is 0 Å². The topological polar surface area (TPSA) is 84.9 Å². The Kier molecular flexibility index (Phi) is 4.80. The van der Waals surface area contributed by atoms with Crippen LogP contribution in [0.4, 0.5) is 5.69 Å². The van der Waals surface area contributed by atoms with Crippen molar-refractivity contribution in [1.82, 2.24) is 0 Å². The van der Waals surface area contributed by atoms with E-state index in [1.54, 1.807) is 0 Å². The number of carboxylic acid groups (broad SMARTS) is 1. The molecule has 1 aliphatic rings. The Morgan fingerprint density at radius 3 is 2.52 bits per heavy atom. The Morgan fingerprint density at radius 1 is 1.33 bits per heavy atom. The highest BCUT2D eigenvalue weighted by Gasteiger charge is 2.33. The fourth-order valence-electron chi connectivity index (χ4n) is 2.39. The molecule has 1 fully saturated rings. The molecule has 2 N–H and O–H groups in total. The molecule has 1 unspecified atom stereocenters. The van der Waals surface area contributed by atoms with Crippen molar-refractivity contribution in [2.75, 3.05) is 19.5 Å². The van der Waals surface area contributed by atoms with E-state index in [4.69, 9.17) is 14.6 Å². The normalized spacial score (nSPS) is 15.9. The third kappa shape index (κ3) is 3.33. The first kappa shape index (κ1) is 15.3. The molecule has 1 atom stereocenters. The standard InChI is InChI=1S/C15H19NO5/c1-20-12-8-10(15(18)19)6-7-11(12)16-14(17)13(21-2)9-4-3-5-9/h6-9,13H,3-5H2,1-2H3,(H,16,17)(H,18,19). The van der Waals surface area contributed by atoms with Crippen molar-refractivity contribution in [3.05, 3.63) is 23.8 Å². The predicted molar refractivity (Wildman–Crippen MR) is 76.7 cm³/mol. The second kappa shape index (κ2) is 6.58. The molecule has 1 aliphatic carbocycles. The molecule has 0 saturated heterocycles. The van der Waals surface area contributed by atoms with Crippen LogP contribution in [-0.2, 0) is 9.53 Å². The van der Waals surface area contributed by atoms with Gasteiger partial charge in [0.1, 0.15) is 11.9 Å². The maximum Gasteiger partial charge on any atom is 0.335 e. The maximum atomic E-state index is 12.3. The van der Waals surface area contributed by atoms with Gasteiger partial charge >= 0.3 is 5.97 Å². The van der Waals surface area contributed by atoms with Gasteiger partial charge in [-0.2, -0.15) is 0 Å². The van der Waals surface area contributed by atoms with Crippen molar-refractivity contribution in [2.45, 2.75) is 25.4 Å². The van der Waals surface area contributed by atoms with Crippen molar-refractivity contribution in [3.63, 3.8) is 0 Å². The van der Waals surface area contributed by atoms with Gasteiger partial charge in [0.05, 0.1) is 18.4 Å². The van der Waals surface area contributed by atoms with Crippen LogP contribution in [0.2, 0.25) is 0 Å². The van der Waals surface area contributed by atoms with E-state index in [0.717, 1.165) is 19.3 Å². The SMILES string of the molecule is COc1cc(C(=O)O)ccc1NC(=O)C(OC)C1CCC1. The zero-order chi connectivity index (χ0) is 15.4. The second-order valence-electron chi connectivity index (χ2n) is 5.06. The van der Waals surface area contributed by atoms with Gasteiger partial charge in [-0.05, 0) is 37.0 Å². The molecule has 0 spiro atoms.